The molecule has 0 saturated heterocycles. The van der Waals surface area contributed by atoms with Gasteiger partial charge in [-0.05, 0) is 47.1 Å². The summed E-state index contributed by atoms with van der Waals surface area (Å²) < 4.78 is 5.83. The molecule has 0 radical (unpaired) electrons. The summed E-state index contributed by atoms with van der Waals surface area (Å²) in [6.45, 7) is 1.93. The van der Waals surface area contributed by atoms with Crippen LogP contribution >= 0.6 is 15.9 Å². The zero-order chi connectivity index (χ0) is 13.0. The Morgan fingerprint density at radius 3 is 2.89 bits per heavy atom. The first-order valence-corrected chi connectivity index (χ1v) is 6.10. The fourth-order valence-corrected chi connectivity index (χ4v) is 1.72. The van der Waals surface area contributed by atoms with Crippen LogP contribution in [0.3, 0.4) is 0 Å². The molecule has 1 aromatic heterocycles. The second-order valence-corrected chi connectivity index (χ2v) is 4.49. The van der Waals surface area contributed by atoms with Gasteiger partial charge in [0, 0.05) is 5.56 Å². The van der Waals surface area contributed by atoms with Crippen molar-refractivity contribution in [2.24, 2.45) is 5.10 Å². The number of aryl methyl sites for hydroxylation is 1. The first kappa shape index (κ1) is 12.6. The van der Waals surface area contributed by atoms with Gasteiger partial charge < -0.3 is 4.42 Å². The van der Waals surface area contributed by atoms with E-state index in [0.29, 0.717) is 16.0 Å². The van der Waals surface area contributed by atoms with Crippen molar-refractivity contribution in [2.45, 2.75) is 6.92 Å². The number of hydrazone groups is 1. The normalized spacial score (nSPS) is 10.8. The highest BCUT2D eigenvalue weighted by Gasteiger charge is 2.03. The van der Waals surface area contributed by atoms with Crippen LogP contribution in [0.2, 0.25) is 0 Å². The molecule has 2 aromatic rings. The fraction of sp³-hybridized carbons (Fsp3) is 0.0769. The number of carbonyl (C=O) groups excluding carboxylic acids is 1. The molecule has 0 atom stereocenters. The summed E-state index contributed by atoms with van der Waals surface area (Å²) in [5.74, 6) is 0.312. The van der Waals surface area contributed by atoms with Crippen molar-refractivity contribution in [3.8, 4) is 0 Å². The Balaban J connectivity index is 1.98. The minimum atomic E-state index is -0.249. The second-order valence-electron chi connectivity index (χ2n) is 3.71. The highest BCUT2D eigenvalue weighted by Crippen LogP contribution is 2.12. The SMILES string of the molecule is Cc1cccc(C(=O)N/N=C\c2ccc(Br)o2)c1. The van der Waals surface area contributed by atoms with Crippen molar-refractivity contribution < 1.29 is 9.21 Å². The molecule has 1 amide bonds. The highest BCUT2D eigenvalue weighted by molar-refractivity contribution is 9.10. The van der Waals surface area contributed by atoms with Crippen LogP contribution in [-0.2, 0) is 0 Å². The highest BCUT2D eigenvalue weighted by atomic mass is 79.9. The second kappa shape index (κ2) is 5.64. The number of hydrogen-bond acceptors (Lipinski definition) is 3. The first-order valence-electron chi connectivity index (χ1n) is 5.30. The summed E-state index contributed by atoms with van der Waals surface area (Å²) in [7, 11) is 0. The van der Waals surface area contributed by atoms with E-state index in [2.05, 4.69) is 26.5 Å². The van der Waals surface area contributed by atoms with E-state index in [-0.39, 0.29) is 5.91 Å². The van der Waals surface area contributed by atoms with Crippen LogP contribution in [0.5, 0.6) is 0 Å². The van der Waals surface area contributed by atoms with Crippen LogP contribution in [0.4, 0.5) is 0 Å². The van der Waals surface area contributed by atoms with Gasteiger partial charge in [0.2, 0.25) is 0 Å². The van der Waals surface area contributed by atoms with Crippen LogP contribution in [0.25, 0.3) is 0 Å². The van der Waals surface area contributed by atoms with E-state index in [1.54, 1.807) is 24.3 Å². The number of rotatable bonds is 3. The molecule has 0 unspecified atom stereocenters. The van der Waals surface area contributed by atoms with E-state index >= 15 is 0 Å². The molecule has 1 heterocycles. The summed E-state index contributed by atoms with van der Waals surface area (Å²) in [6.07, 6.45) is 1.44. The predicted octanol–water partition coefficient (Wildman–Crippen LogP) is 3.11. The molecule has 92 valence electrons. The largest absolute Gasteiger partial charge is 0.448 e. The van der Waals surface area contributed by atoms with Crippen molar-refractivity contribution in [1.82, 2.24) is 5.43 Å². The Morgan fingerprint density at radius 2 is 2.22 bits per heavy atom. The van der Waals surface area contributed by atoms with Crippen LogP contribution < -0.4 is 5.43 Å². The quantitative estimate of drug-likeness (QED) is 0.699. The van der Waals surface area contributed by atoms with Crippen LogP contribution in [0.15, 0.2) is 50.6 Å². The number of amides is 1. The van der Waals surface area contributed by atoms with Gasteiger partial charge in [0.25, 0.3) is 5.91 Å². The average Bonchev–Trinajstić information content (AvgIpc) is 2.75. The van der Waals surface area contributed by atoms with Crippen molar-refractivity contribution in [2.75, 3.05) is 0 Å². The molecule has 1 N–H and O–H groups in total. The Morgan fingerprint density at radius 1 is 1.39 bits per heavy atom. The molecule has 0 bridgehead atoms. The number of nitrogens with zero attached hydrogens (tertiary/aromatic N) is 1. The summed E-state index contributed by atoms with van der Waals surface area (Å²) in [5.41, 5.74) is 4.05. The number of halogens is 1. The minimum absolute atomic E-state index is 0.249. The number of furan rings is 1. The lowest BCUT2D eigenvalue weighted by Crippen LogP contribution is -2.17. The molecular formula is C13H11BrN2O2. The van der Waals surface area contributed by atoms with E-state index in [1.807, 2.05) is 19.1 Å². The van der Waals surface area contributed by atoms with E-state index in [4.69, 9.17) is 4.42 Å². The first-order chi connectivity index (χ1) is 8.65. The van der Waals surface area contributed by atoms with Crippen LogP contribution in [-0.4, -0.2) is 12.1 Å². The van der Waals surface area contributed by atoms with Crippen molar-refractivity contribution >= 4 is 28.1 Å². The summed E-state index contributed by atoms with van der Waals surface area (Å²) >= 11 is 3.18. The van der Waals surface area contributed by atoms with Crippen molar-refractivity contribution in [3.05, 3.63) is 58.0 Å². The third-order valence-electron chi connectivity index (χ3n) is 2.23. The Labute approximate surface area is 113 Å². The molecule has 18 heavy (non-hydrogen) atoms. The van der Waals surface area contributed by atoms with Gasteiger partial charge in [-0.2, -0.15) is 5.10 Å². The van der Waals surface area contributed by atoms with Crippen molar-refractivity contribution in [1.29, 1.82) is 0 Å². The molecule has 5 heteroatoms. The maximum absolute atomic E-state index is 11.7. The van der Waals surface area contributed by atoms with Gasteiger partial charge >= 0.3 is 0 Å². The topological polar surface area (TPSA) is 54.6 Å². The van der Waals surface area contributed by atoms with Gasteiger partial charge in [-0.15, -0.1) is 0 Å². The van der Waals surface area contributed by atoms with Gasteiger partial charge in [0.15, 0.2) is 4.67 Å². The molecule has 2 rings (SSSR count). The fourth-order valence-electron chi connectivity index (χ4n) is 1.40. The van der Waals surface area contributed by atoms with E-state index in [0.717, 1.165) is 5.56 Å². The zero-order valence-corrected chi connectivity index (χ0v) is 11.3. The maximum Gasteiger partial charge on any atom is 0.271 e. The lowest BCUT2D eigenvalue weighted by atomic mass is 10.1. The Kier molecular flexibility index (Phi) is 3.94. The summed E-state index contributed by atoms with van der Waals surface area (Å²) in [6, 6.07) is 10.8. The molecular weight excluding hydrogens is 296 g/mol. The van der Waals surface area contributed by atoms with Crippen LogP contribution in [0.1, 0.15) is 21.7 Å². The average molecular weight is 307 g/mol. The molecule has 0 aliphatic heterocycles. The summed E-state index contributed by atoms with van der Waals surface area (Å²) in [4.78, 5) is 11.7. The van der Waals surface area contributed by atoms with Gasteiger partial charge in [-0.3, -0.25) is 4.79 Å². The van der Waals surface area contributed by atoms with Crippen molar-refractivity contribution in [3.63, 3.8) is 0 Å². The lowest BCUT2D eigenvalue weighted by Gasteiger charge is -2.00. The Bertz CT molecular complexity index is 590. The third kappa shape index (κ3) is 3.30. The minimum Gasteiger partial charge on any atom is -0.448 e. The molecule has 0 fully saturated rings. The Hall–Kier alpha value is -1.88. The third-order valence-corrected chi connectivity index (χ3v) is 2.66. The zero-order valence-electron chi connectivity index (χ0n) is 9.68. The van der Waals surface area contributed by atoms with Gasteiger partial charge in [-0.1, -0.05) is 17.7 Å². The van der Waals surface area contributed by atoms with E-state index in [1.165, 1.54) is 6.21 Å². The molecule has 1 aromatic carbocycles. The number of carbonyl (C=O) groups is 1. The van der Waals surface area contributed by atoms with Gasteiger partial charge in [-0.25, -0.2) is 5.43 Å². The van der Waals surface area contributed by atoms with E-state index in [9.17, 15) is 4.79 Å². The summed E-state index contributed by atoms with van der Waals surface area (Å²) in [5, 5.41) is 3.82. The number of benzene rings is 1. The molecule has 0 spiro atoms. The monoisotopic (exact) mass is 306 g/mol. The van der Waals surface area contributed by atoms with Crippen LogP contribution in [0, 0.1) is 6.92 Å². The predicted molar refractivity (Wildman–Crippen MR) is 72.6 cm³/mol. The standard InChI is InChI=1S/C13H11BrN2O2/c1-9-3-2-4-10(7-9)13(17)16-15-8-11-5-6-12(14)18-11/h2-8H,1H3,(H,16,17)/b15-8-. The van der Waals surface area contributed by atoms with E-state index < -0.39 is 0 Å². The lowest BCUT2D eigenvalue weighted by molar-refractivity contribution is 0.0955. The number of nitrogens with one attached hydrogen (secondary N) is 1. The maximum atomic E-state index is 11.7. The number of hydrogen-bond donors (Lipinski definition) is 1. The smallest absolute Gasteiger partial charge is 0.271 e. The van der Waals surface area contributed by atoms with Gasteiger partial charge in [0.05, 0.1) is 6.21 Å². The molecule has 0 saturated carbocycles. The molecule has 4 nitrogen and oxygen atoms in total. The molecule has 0 aliphatic rings. The van der Waals surface area contributed by atoms with Gasteiger partial charge in [0.1, 0.15) is 5.76 Å². The molecule has 0 aliphatic carbocycles.